The molecule has 0 N–H and O–H groups in total. The highest BCUT2D eigenvalue weighted by Crippen LogP contribution is 2.36. The lowest BCUT2D eigenvalue weighted by atomic mass is 9.95. The van der Waals surface area contributed by atoms with Gasteiger partial charge in [0.15, 0.2) is 11.6 Å². The maximum absolute atomic E-state index is 5.11. The molecule has 46 heavy (non-hydrogen) atoms. The number of rotatable bonds is 5. The highest BCUT2D eigenvalue weighted by molar-refractivity contribution is 5.98. The van der Waals surface area contributed by atoms with Gasteiger partial charge < -0.3 is 0 Å². The molecule has 0 fully saturated rings. The van der Waals surface area contributed by atoms with Crippen LogP contribution in [0.15, 0.2) is 146 Å². The van der Waals surface area contributed by atoms with Gasteiger partial charge in [0.25, 0.3) is 0 Å². The fourth-order valence-electron chi connectivity index (χ4n) is 6.21. The van der Waals surface area contributed by atoms with Crippen LogP contribution in [-0.4, -0.2) is 19.9 Å². The average molecular weight is 591 g/mol. The minimum Gasteiger partial charge on any atom is -0.228 e. The fourth-order valence-corrected chi connectivity index (χ4v) is 6.21. The molecule has 0 atom stereocenters. The first kappa shape index (κ1) is 27.5. The number of nitrogens with zero attached hydrogens (tertiary/aromatic N) is 4. The van der Waals surface area contributed by atoms with E-state index in [9.17, 15) is 0 Å². The summed E-state index contributed by atoms with van der Waals surface area (Å²) in [5, 5.41) is 2.11. The molecule has 0 spiro atoms. The Morgan fingerprint density at radius 2 is 0.891 bits per heavy atom. The average Bonchev–Trinajstić information content (AvgIpc) is 3.12. The summed E-state index contributed by atoms with van der Waals surface area (Å²) in [6.45, 7) is 4.27. The molecule has 0 radical (unpaired) electrons. The van der Waals surface area contributed by atoms with Crippen molar-refractivity contribution in [1.29, 1.82) is 0 Å². The Labute approximate surface area is 268 Å². The molecule has 0 aliphatic heterocycles. The van der Waals surface area contributed by atoms with Gasteiger partial charge in [-0.3, -0.25) is 0 Å². The summed E-state index contributed by atoms with van der Waals surface area (Å²) < 4.78 is 0. The molecular weight excluding hydrogens is 560 g/mol. The van der Waals surface area contributed by atoms with Gasteiger partial charge in [-0.25, -0.2) is 19.9 Å². The van der Waals surface area contributed by atoms with E-state index in [1.807, 2.05) is 30.3 Å². The topological polar surface area (TPSA) is 51.6 Å². The van der Waals surface area contributed by atoms with Crippen LogP contribution in [-0.2, 0) is 0 Å². The Kier molecular flexibility index (Phi) is 6.88. The van der Waals surface area contributed by atoms with E-state index in [1.165, 1.54) is 5.56 Å². The van der Waals surface area contributed by atoms with Crippen molar-refractivity contribution in [3.63, 3.8) is 0 Å². The highest BCUT2D eigenvalue weighted by Gasteiger charge is 2.16. The summed E-state index contributed by atoms with van der Waals surface area (Å²) in [5.41, 5.74) is 12.5. The van der Waals surface area contributed by atoms with Crippen LogP contribution in [0.2, 0.25) is 0 Å². The van der Waals surface area contributed by atoms with Gasteiger partial charge in [0.2, 0.25) is 0 Å². The van der Waals surface area contributed by atoms with Crippen LogP contribution in [0.3, 0.4) is 0 Å². The quantitative estimate of drug-likeness (QED) is 0.200. The van der Waals surface area contributed by atoms with Gasteiger partial charge in [-0.15, -0.1) is 0 Å². The van der Waals surface area contributed by atoms with Crippen molar-refractivity contribution in [1.82, 2.24) is 19.9 Å². The molecule has 0 saturated carbocycles. The molecular formula is C42H30N4. The summed E-state index contributed by atoms with van der Waals surface area (Å²) in [7, 11) is 0. The summed E-state index contributed by atoms with van der Waals surface area (Å²) in [6, 6.07) is 50.1. The Morgan fingerprint density at radius 3 is 1.54 bits per heavy atom. The van der Waals surface area contributed by atoms with Crippen molar-refractivity contribution in [2.75, 3.05) is 0 Å². The summed E-state index contributed by atoms with van der Waals surface area (Å²) in [6.07, 6.45) is 0. The largest absolute Gasteiger partial charge is 0.228 e. The number of hydrogen-bond donors (Lipinski definition) is 0. The van der Waals surface area contributed by atoms with E-state index >= 15 is 0 Å². The zero-order chi connectivity index (χ0) is 31.0. The SMILES string of the molecule is Cc1cc2nc(-c3ccccc3)nc(-c3ccccc3)c2cc1-c1ccc(-c2nc(-c3ccccc3)c3c(C)cccc3n2)cc1. The molecule has 4 nitrogen and oxygen atoms in total. The van der Waals surface area contributed by atoms with E-state index in [1.54, 1.807) is 0 Å². The third kappa shape index (κ3) is 5.00. The second kappa shape index (κ2) is 11.5. The molecule has 2 heterocycles. The molecule has 0 amide bonds. The molecule has 0 saturated heterocycles. The number of benzene rings is 6. The minimum atomic E-state index is 0.715. The Bertz CT molecular complexity index is 2350. The monoisotopic (exact) mass is 590 g/mol. The highest BCUT2D eigenvalue weighted by atomic mass is 14.9. The van der Waals surface area contributed by atoms with Crippen molar-refractivity contribution < 1.29 is 0 Å². The summed E-state index contributed by atoms with van der Waals surface area (Å²) >= 11 is 0. The van der Waals surface area contributed by atoms with E-state index in [0.717, 1.165) is 78.0 Å². The maximum atomic E-state index is 5.11. The summed E-state index contributed by atoms with van der Waals surface area (Å²) in [4.78, 5) is 20.2. The molecule has 0 aliphatic carbocycles. The van der Waals surface area contributed by atoms with E-state index < -0.39 is 0 Å². The number of hydrogen-bond acceptors (Lipinski definition) is 4. The van der Waals surface area contributed by atoms with Crippen LogP contribution in [0.1, 0.15) is 11.1 Å². The van der Waals surface area contributed by atoms with Crippen molar-refractivity contribution in [3.8, 4) is 56.4 Å². The van der Waals surface area contributed by atoms with Gasteiger partial charge in [-0.1, -0.05) is 127 Å². The van der Waals surface area contributed by atoms with E-state index in [-0.39, 0.29) is 0 Å². The van der Waals surface area contributed by atoms with Crippen molar-refractivity contribution in [2.24, 2.45) is 0 Å². The van der Waals surface area contributed by atoms with E-state index in [2.05, 4.69) is 129 Å². The number of aryl methyl sites for hydroxylation is 2. The lowest BCUT2D eigenvalue weighted by molar-refractivity contribution is 1.22. The van der Waals surface area contributed by atoms with Gasteiger partial charge in [0, 0.05) is 33.0 Å². The van der Waals surface area contributed by atoms with Crippen LogP contribution in [0, 0.1) is 13.8 Å². The van der Waals surface area contributed by atoms with Crippen LogP contribution >= 0.6 is 0 Å². The summed E-state index contributed by atoms with van der Waals surface area (Å²) in [5.74, 6) is 1.44. The first-order valence-corrected chi connectivity index (χ1v) is 15.5. The lowest BCUT2D eigenvalue weighted by Gasteiger charge is -2.14. The van der Waals surface area contributed by atoms with Crippen LogP contribution in [0.5, 0.6) is 0 Å². The van der Waals surface area contributed by atoms with Crippen molar-refractivity contribution >= 4 is 21.8 Å². The normalized spacial score (nSPS) is 11.3. The lowest BCUT2D eigenvalue weighted by Crippen LogP contribution is -1.97. The van der Waals surface area contributed by atoms with Gasteiger partial charge in [-0.05, 0) is 54.3 Å². The Balaban J connectivity index is 1.24. The smallest absolute Gasteiger partial charge is 0.160 e. The molecule has 218 valence electrons. The predicted octanol–water partition coefficient (Wildman–Crippen LogP) is 10.5. The first-order chi connectivity index (χ1) is 22.6. The molecule has 0 unspecified atom stereocenters. The molecule has 0 bridgehead atoms. The fraction of sp³-hybridized carbons (Fsp3) is 0.0476. The van der Waals surface area contributed by atoms with E-state index in [4.69, 9.17) is 19.9 Å². The molecule has 0 aliphatic rings. The van der Waals surface area contributed by atoms with Crippen molar-refractivity contribution in [2.45, 2.75) is 13.8 Å². The second-order valence-electron chi connectivity index (χ2n) is 11.6. The Hall–Kier alpha value is -6.00. The molecule has 6 aromatic carbocycles. The standard InChI is InChI=1S/C42H30N4/c1-27-13-12-20-36-38(27)40(31-16-8-4-9-17-31)46-42(43-36)33-23-21-29(22-24-33)34-26-35-37(25-28(34)2)44-41(32-18-10-5-11-19-32)45-39(35)30-14-6-3-7-15-30/h3-26H,1-2H3. The van der Waals surface area contributed by atoms with Gasteiger partial charge in [0.05, 0.1) is 22.4 Å². The van der Waals surface area contributed by atoms with Gasteiger partial charge in [-0.2, -0.15) is 0 Å². The zero-order valence-corrected chi connectivity index (χ0v) is 25.6. The van der Waals surface area contributed by atoms with Crippen LogP contribution in [0.25, 0.3) is 78.2 Å². The van der Waals surface area contributed by atoms with Crippen molar-refractivity contribution in [3.05, 3.63) is 157 Å². The third-order valence-corrected chi connectivity index (χ3v) is 8.55. The molecule has 8 rings (SSSR count). The Morgan fingerprint density at radius 1 is 0.370 bits per heavy atom. The maximum Gasteiger partial charge on any atom is 0.160 e. The minimum absolute atomic E-state index is 0.715. The van der Waals surface area contributed by atoms with E-state index in [0.29, 0.717) is 5.82 Å². The van der Waals surface area contributed by atoms with Gasteiger partial charge in [0.1, 0.15) is 0 Å². The second-order valence-corrected chi connectivity index (χ2v) is 11.6. The molecule has 4 heteroatoms. The predicted molar refractivity (Wildman–Crippen MR) is 189 cm³/mol. The third-order valence-electron chi connectivity index (χ3n) is 8.55. The molecule has 2 aromatic heterocycles. The van der Waals surface area contributed by atoms with Crippen LogP contribution < -0.4 is 0 Å². The first-order valence-electron chi connectivity index (χ1n) is 15.5. The number of fused-ring (bicyclic) bond motifs is 2. The van der Waals surface area contributed by atoms with Crippen LogP contribution in [0.4, 0.5) is 0 Å². The number of aromatic nitrogens is 4. The zero-order valence-electron chi connectivity index (χ0n) is 25.6. The van der Waals surface area contributed by atoms with Gasteiger partial charge >= 0.3 is 0 Å². The molecule has 8 aromatic rings.